The first-order chi connectivity index (χ1) is 15.4. The van der Waals surface area contributed by atoms with Crippen LogP contribution in [-0.4, -0.2) is 25.6 Å². The van der Waals surface area contributed by atoms with Gasteiger partial charge in [-0.25, -0.2) is 4.79 Å². The third kappa shape index (κ3) is 5.24. The summed E-state index contributed by atoms with van der Waals surface area (Å²) >= 11 is 0. The molecule has 162 valence electrons. The number of nitrogens with one attached hydrogen (secondary N) is 1. The molecule has 0 saturated carbocycles. The molecule has 1 heterocycles. The molecule has 0 radical (unpaired) electrons. The molecule has 0 fully saturated rings. The number of nitrogens with zero attached hydrogens (tertiary/aromatic N) is 1. The maximum Gasteiger partial charge on any atom is 0.338 e. The predicted molar refractivity (Wildman–Crippen MR) is 120 cm³/mol. The van der Waals surface area contributed by atoms with Crippen LogP contribution < -0.4 is 10.1 Å². The molecule has 0 unspecified atom stereocenters. The summed E-state index contributed by atoms with van der Waals surface area (Å²) in [6, 6.07) is 17.4. The van der Waals surface area contributed by atoms with E-state index in [1.165, 1.54) is 13.2 Å². The van der Waals surface area contributed by atoms with Crippen LogP contribution >= 0.6 is 0 Å². The smallest absolute Gasteiger partial charge is 0.338 e. The van der Waals surface area contributed by atoms with Crippen LogP contribution in [0, 0.1) is 18.3 Å². The zero-order chi connectivity index (χ0) is 23.1. The van der Waals surface area contributed by atoms with Gasteiger partial charge < -0.3 is 19.2 Å². The van der Waals surface area contributed by atoms with E-state index in [4.69, 9.17) is 13.9 Å². The molecule has 3 aromatic rings. The van der Waals surface area contributed by atoms with Crippen LogP contribution in [0.2, 0.25) is 0 Å². The average Bonchev–Trinajstić information content (AvgIpc) is 3.27. The Balaban J connectivity index is 1.77. The SMILES string of the molecule is CCOC(=O)c1ccc(-c2ccc(/C=C(\C#N)C(=O)Nc3ccc(C)cc3OC)o2)cc1. The molecule has 2 aromatic carbocycles. The molecule has 0 bridgehead atoms. The van der Waals surface area contributed by atoms with Gasteiger partial charge in [0.2, 0.25) is 0 Å². The lowest BCUT2D eigenvalue weighted by atomic mass is 10.1. The van der Waals surface area contributed by atoms with Crippen molar-refractivity contribution < 1.29 is 23.5 Å². The first-order valence-electron chi connectivity index (χ1n) is 9.90. The van der Waals surface area contributed by atoms with Gasteiger partial charge in [-0.15, -0.1) is 0 Å². The number of nitriles is 1. The predicted octanol–water partition coefficient (Wildman–Crippen LogP) is 4.99. The molecule has 0 atom stereocenters. The molecule has 0 spiro atoms. The lowest BCUT2D eigenvalue weighted by molar-refractivity contribution is -0.112. The number of benzene rings is 2. The molecule has 0 aliphatic rings. The maximum absolute atomic E-state index is 12.6. The van der Waals surface area contributed by atoms with Crippen LogP contribution in [0.4, 0.5) is 5.69 Å². The largest absolute Gasteiger partial charge is 0.495 e. The van der Waals surface area contributed by atoms with Crippen molar-refractivity contribution >= 4 is 23.6 Å². The lowest BCUT2D eigenvalue weighted by Crippen LogP contribution is -2.14. The number of hydrogen-bond donors (Lipinski definition) is 1. The topological polar surface area (TPSA) is 102 Å². The van der Waals surface area contributed by atoms with Gasteiger partial charge in [-0.2, -0.15) is 5.26 Å². The molecule has 3 rings (SSSR count). The first kappa shape index (κ1) is 22.4. The van der Waals surface area contributed by atoms with Gasteiger partial charge in [-0.3, -0.25) is 4.79 Å². The second kappa shape index (κ2) is 10.1. The van der Waals surface area contributed by atoms with Crippen LogP contribution in [0.1, 0.15) is 28.6 Å². The Hall–Kier alpha value is -4.31. The molecule has 0 aliphatic heterocycles. The number of methoxy groups -OCH3 is 1. The Morgan fingerprint density at radius 1 is 1.12 bits per heavy atom. The zero-order valence-electron chi connectivity index (χ0n) is 18.0. The molecular formula is C25H22N2O5. The second-order valence-electron chi connectivity index (χ2n) is 6.83. The third-order valence-electron chi connectivity index (χ3n) is 4.56. The monoisotopic (exact) mass is 430 g/mol. The second-order valence-corrected chi connectivity index (χ2v) is 6.83. The molecule has 7 nitrogen and oxygen atoms in total. The minimum absolute atomic E-state index is 0.119. The summed E-state index contributed by atoms with van der Waals surface area (Å²) in [5.41, 5.74) is 2.51. The van der Waals surface area contributed by atoms with E-state index >= 15 is 0 Å². The molecular weight excluding hydrogens is 408 g/mol. The van der Waals surface area contributed by atoms with Crippen LogP contribution in [0.5, 0.6) is 5.75 Å². The molecule has 7 heteroatoms. The normalized spacial score (nSPS) is 10.9. The van der Waals surface area contributed by atoms with Crippen LogP contribution in [-0.2, 0) is 9.53 Å². The van der Waals surface area contributed by atoms with Crippen molar-refractivity contribution in [1.82, 2.24) is 0 Å². The number of hydrogen-bond acceptors (Lipinski definition) is 6. The summed E-state index contributed by atoms with van der Waals surface area (Å²) < 4.78 is 16.0. The number of furan rings is 1. The summed E-state index contributed by atoms with van der Waals surface area (Å²) in [4.78, 5) is 24.4. The summed E-state index contributed by atoms with van der Waals surface area (Å²) in [6.45, 7) is 3.96. The highest BCUT2D eigenvalue weighted by Gasteiger charge is 2.14. The average molecular weight is 430 g/mol. The third-order valence-corrected chi connectivity index (χ3v) is 4.56. The van der Waals surface area contributed by atoms with E-state index in [1.807, 2.05) is 19.1 Å². The molecule has 0 saturated heterocycles. The van der Waals surface area contributed by atoms with E-state index in [9.17, 15) is 14.9 Å². The van der Waals surface area contributed by atoms with E-state index in [2.05, 4.69) is 5.32 Å². The fourth-order valence-electron chi connectivity index (χ4n) is 2.95. The van der Waals surface area contributed by atoms with Gasteiger partial charge in [-0.1, -0.05) is 18.2 Å². The number of ether oxygens (including phenoxy) is 2. The van der Waals surface area contributed by atoms with Crippen molar-refractivity contribution in [3.63, 3.8) is 0 Å². The molecule has 32 heavy (non-hydrogen) atoms. The highest BCUT2D eigenvalue weighted by Crippen LogP contribution is 2.27. The van der Waals surface area contributed by atoms with Crippen LogP contribution in [0.15, 0.2) is 64.6 Å². The zero-order valence-corrected chi connectivity index (χ0v) is 18.0. The van der Waals surface area contributed by atoms with E-state index in [0.717, 1.165) is 11.1 Å². The Morgan fingerprint density at radius 3 is 2.53 bits per heavy atom. The van der Waals surface area contributed by atoms with Crippen molar-refractivity contribution in [2.24, 2.45) is 0 Å². The van der Waals surface area contributed by atoms with Gasteiger partial charge in [0, 0.05) is 11.6 Å². The fourth-order valence-corrected chi connectivity index (χ4v) is 2.95. The first-order valence-corrected chi connectivity index (χ1v) is 9.90. The van der Waals surface area contributed by atoms with E-state index < -0.39 is 11.9 Å². The molecule has 1 aromatic heterocycles. The van der Waals surface area contributed by atoms with Crippen molar-refractivity contribution in [1.29, 1.82) is 5.26 Å². The Morgan fingerprint density at radius 2 is 1.88 bits per heavy atom. The van der Waals surface area contributed by atoms with Crippen LogP contribution in [0.3, 0.4) is 0 Å². The fraction of sp³-hybridized carbons (Fsp3) is 0.160. The summed E-state index contributed by atoms with van der Waals surface area (Å²) in [5.74, 6) is 0.409. The van der Waals surface area contributed by atoms with Crippen molar-refractivity contribution in [2.75, 3.05) is 19.0 Å². The van der Waals surface area contributed by atoms with Gasteiger partial charge in [0.05, 0.1) is 25.0 Å². The van der Waals surface area contributed by atoms with Crippen molar-refractivity contribution in [3.8, 4) is 23.1 Å². The highest BCUT2D eigenvalue weighted by molar-refractivity contribution is 6.10. The standard InChI is InChI=1S/C25H22N2O5/c1-4-31-25(29)18-8-6-17(7-9-18)22-12-10-20(32-22)14-19(15-26)24(28)27-21-11-5-16(2)13-23(21)30-3/h5-14H,4H2,1-3H3,(H,27,28)/b19-14+. The number of aryl methyl sites for hydroxylation is 1. The number of carbonyl (C=O) groups is 2. The van der Waals surface area contributed by atoms with Gasteiger partial charge in [0.1, 0.15) is 28.9 Å². The van der Waals surface area contributed by atoms with Crippen molar-refractivity contribution in [3.05, 3.63) is 77.1 Å². The molecule has 0 aliphatic carbocycles. The Bertz CT molecular complexity index is 1200. The van der Waals surface area contributed by atoms with Gasteiger partial charge in [0.15, 0.2) is 0 Å². The number of rotatable bonds is 7. The van der Waals surface area contributed by atoms with Gasteiger partial charge in [-0.05, 0) is 55.8 Å². The maximum atomic E-state index is 12.6. The lowest BCUT2D eigenvalue weighted by Gasteiger charge is -2.10. The minimum Gasteiger partial charge on any atom is -0.495 e. The van der Waals surface area contributed by atoms with E-state index in [0.29, 0.717) is 35.1 Å². The quantitative estimate of drug-likeness (QED) is 0.322. The summed E-state index contributed by atoms with van der Waals surface area (Å²) in [6.07, 6.45) is 1.37. The number of esters is 1. The minimum atomic E-state index is -0.577. The molecule has 1 amide bonds. The van der Waals surface area contributed by atoms with E-state index in [1.54, 1.807) is 55.5 Å². The number of amides is 1. The van der Waals surface area contributed by atoms with Gasteiger partial charge >= 0.3 is 5.97 Å². The number of anilines is 1. The highest BCUT2D eigenvalue weighted by atomic mass is 16.5. The Labute approximate surface area is 185 Å². The number of carbonyl (C=O) groups excluding carboxylic acids is 2. The summed E-state index contributed by atoms with van der Waals surface area (Å²) in [7, 11) is 1.51. The molecule has 1 N–H and O–H groups in total. The van der Waals surface area contributed by atoms with E-state index in [-0.39, 0.29) is 5.57 Å². The summed E-state index contributed by atoms with van der Waals surface area (Å²) in [5, 5.41) is 12.1. The van der Waals surface area contributed by atoms with Gasteiger partial charge in [0.25, 0.3) is 5.91 Å². The van der Waals surface area contributed by atoms with Crippen LogP contribution in [0.25, 0.3) is 17.4 Å². The van der Waals surface area contributed by atoms with Crippen molar-refractivity contribution in [2.45, 2.75) is 13.8 Å². The Kier molecular flexibility index (Phi) is 7.09.